The third kappa shape index (κ3) is 5.13. The number of guanidine groups is 1. The Hall–Kier alpha value is -3.27. The van der Waals surface area contributed by atoms with Crippen molar-refractivity contribution in [1.82, 2.24) is 9.97 Å². The maximum absolute atomic E-state index is 14.7. The monoisotopic (exact) mass is 389 g/mol. The van der Waals surface area contributed by atoms with Gasteiger partial charge in [0.2, 0.25) is 0 Å². The summed E-state index contributed by atoms with van der Waals surface area (Å²) in [6.07, 6.45) is 2.90. The molecule has 1 aromatic carbocycles. The van der Waals surface area contributed by atoms with E-state index in [0.29, 0.717) is 24.7 Å². The van der Waals surface area contributed by atoms with Crippen molar-refractivity contribution in [2.24, 2.45) is 22.4 Å². The van der Waals surface area contributed by atoms with Crippen molar-refractivity contribution in [1.29, 1.82) is 0 Å². The molecule has 0 bridgehead atoms. The Morgan fingerprint density at radius 1 is 1.32 bits per heavy atom. The van der Waals surface area contributed by atoms with E-state index in [0.717, 1.165) is 13.0 Å². The summed E-state index contributed by atoms with van der Waals surface area (Å²) >= 11 is 0. The molecule has 1 aliphatic rings. The summed E-state index contributed by atoms with van der Waals surface area (Å²) in [5.74, 6) is -0.654. The number of ether oxygens (including phenoxy) is 3. The Morgan fingerprint density at radius 2 is 2.11 bits per heavy atom. The van der Waals surface area contributed by atoms with Crippen molar-refractivity contribution < 1.29 is 23.4 Å². The Bertz CT molecular complexity index is 850. The number of hydrogen-bond acceptors (Lipinski definition) is 6. The van der Waals surface area contributed by atoms with E-state index in [2.05, 4.69) is 15.0 Å². The minimum atomic E-state index is -0.998. The van der Waals surface area contributed by atoms with Crippen LogP contribution in [-0.4, -0.2) is 41.8 Å². The zero-order chi connectivity index (χ0) is 19.9. The van der Waals surface area contributed by atoms with Gasteiger partial charge in [-0.25, -0.2) is 19.2 Å². The van der Waals surface area contributed by atoms with Crippen LogP contribution in [0.5, 0.6) is 6.01 Å². The van der Waals surface area contributed by atoms with Crippen LogP contribution in [0.2, 0.25) is 0 Å². The predicted octanol–water partition coefficient (Wildman–Crippen LogP) is 1.61. The number of nitrogens with zero attached hydrogens (tertiary/aromatic N) is 3. The number of rotatable bonds is 6. The molecule has 1 amide bonds. The van der Waals surface area contributed by atoms with Gasteiger partial charge >= 0.3 is 12.1 Å². The summed E-state index contributed by atoms with van der Waals surface area (Å²) in [5, 5.41) is 0. The molecule has 148 valence electrons. The highest BCUT2D eigenvalue weighted by atomic mass is 19.1. The fourth-order valence-corrected chi connectivity index (χ4v) is 2.63. The third-order valence-corrected chi connectivity index (χ3v) is 4.06. The second-order valence-electron chi connectivity index (χ2n) is 6.16. The first-order valence-electron chi connectivity index (χ1n) is 8.59. The number of hydrogen-bond donors (Lipinski definition) is 2. The van der Waals surface area contributed by atoms with Gasteiger partial charge in [0.15, 0.2) is 5.96 Å². The topological polar surface area (TPSA) is 135 Å². The Labute approximate surface area is 160 Å². The van der Waals surface area contributed by atoms with Gasteiger partial charge < -0.3 is 25.7 Å². The van der Waals surface area contributed by atoms with Crippen LogP contribution in [-0.2, 0) is 16.1 Å². The Kier molecular flexibility index (Phi) is 6.33. The maximum Gasteiger partial charge on any atom is 0.437 e. The van der Waals surface area contributed by atoms with Gasteiger partial charge in [0.25, 0.3) is 0 Å². The maximum atomic E-state index is 14.7. The summed E-state index contributed by atoms with van der Waals surface area (Å²) in [6.45, 7) is 1.57. The largest absolute Gasteiger partial charge is 0.463 e. The van der Waals surface area contributed by atoms with Gasteiger partial charge in [-0.3, -0.25) is 0 Å². The summed E-state index contributed by atoms with van der Waals surface area (Å²) in [7, 11) is 0. The molecular weight excluding hydrogens is 369 g/mol. The van der Waals surface area contributed by atoms with Crippen LogP contribution in [0.4, 0.5) is 9.18 Å². The van der Waals surface area contributed by atoms with Gasteiger partial charge in [-0.2, -0.15) is 0 Å². The lowest BCUT2D eigenvalue weighted by Crippen LogP contribution is -2.24. The van der Waals surface area contributed by atoms with Crippen LogP contribution < -0.4 is 16.2 Å². The molecule has 2 aromatic rings. The van der Waals surface area contributed by atoms with Gasteiger partial charge in [-0.05, 0) is 6.42 Å². The van der Waals surface area contributed by atoms with Gasteiger partial charge in [-0.1, -0.05) is 18.2 Å². The molecule has 0 saturated carbocycles. The molecule has 2 heterocycles. The first kappa shape index (κ1) is 19.5. The fourth-order valence-electron chi connectivity index (χ4n) is 2.63. The smallest absolute Gasteiger partial charge is 0.437 e. The van der Waals surface area contributed by atoms with E-state index >= 15 is 0 Å². The molecule has 1 unspecified atom stereocenters. The van der Waals surface area contributed by atoms with E-state index in [1.54, 1.807) is 12.1 Å². The molecule has 0 aliphatic carbocycles. The molecule has 1 fully saturated rings. The van der Waals surface area contributed by atoms with Gasteiger partial charge in [0.1, 0.15) is 12.4 Å². The number of benzene rings is 1. The van der Waals surface area contributed by atoms with Crippen molar-refractivity contribution in [3.8, 4) is 17.1 Å². The SMILES string of the molecule is NC(N)=NC(=O)OCc1cccc(-c2cnc(OCC3CCOC3)nc2)c1F. The highest BCUT2D eigenvalue weighted by Crippen LogP contribution is 2.25. The highest BCUT2D eigenvalue weighted by molar-refractivity contribution is 5.87. The van der Waals surface area contributed by atoms with Gasteiger partial charge in [0, 0.05) is 41.6 Å². The van der Waals surface area contributed by atoms with Crippen LogP contribution in [0.25, 0.3) is 11.1 Å². The fraction of sp³-hybridized carbons (Fsp3) is 0.333. The van der Waals surface area contributed by atoms with Gasteiger partial charge in [-0.15, -0.1) is 4.99 Å². The number of aromatic nitrogens is 2. The average molecular weight is 389 g/mol. The molecular formula is C18H20FN5O4. The average Bonchev–Trinajstić information content (AvgIpc) is 3.19. The standard InChI is InChI=1S/C18H20FN5O4/c19-15-12(10-28-18(25)24-16(20)21)2-1-3-14(15)13-6-22-17(23-7-13)27-9-11-4-5-26-8-11/h1-3,6-7,11H,4-5,8-10H2,(H4,20,21,24,25). The summed E-state index contributed by atoms with van der Waals surface area (Å²) < 4.78 is 30.4. The lowest BCUT2D eigenvalue weighted by molar-refractivity contribution is 0.149. The summed E-state index contributed by atoms with van der Waals surface area (Å²) in [5.41, 5.74) is 11.1. The van der Waals surface area contributed by atoms with Crippen molar-refractivity contribution >= 4 is 12.1 Å². The molecule has 1 aliphatic heterocycles. The molecule has 1 saturated heterocycles. The molecule has 4 N–H and O–H groups in total. The van der Waals surface area contributed by atoms with Crippen LogP contribution in [0, 0.1) is 11.7 Å². The van der Waals surface area contributed by atoms with E-state index in [9.17, 15) is 9.18 Å². The second-order valence-corrected chi connectivity index (χ2v) is 6.16. The van der Waals surface area contributed by atoms with E-state index in [1.165, 1.54) is 18.5 Å². The van der Waals surface area contributed by atoms with Crippen molar-refractivity contribution in [2.75, 3.05) is 19.8 Å². The number of nitrogens with two attached hydrogens (primary N) is 2. The molecule has 1 aromatic heterocycles. The number of aliphatic imine (C=N–C) groups is 1. The van der Waals surface area contributed by atoms with Crippen LogP contribution in [0.3, 0.4) is 0 Å². The van der Waals surface area contributed by atoms with Crippen LogP contribution in [0.15, 0.2) is 35.6 Å². The quantitative estimate of drug-likeness (QED) is 0.562. The molecule has 1 atom stereocenters. The van der Waals surface area contributed by atoms with Crippen LogP contribution in [0.1, 0.15) is 12.0 Å². The second kappa shape index (κ2) is 9.09. The van der Waals surface area contributed by atoms with Gasteiger partial charge in [0.05, 0.1) is 13.2 Å². The Morgan fingerprint density at radius 3 is 2.79 bits per heavy atom. The molecule has 28 heavy (non-hydrogen) atoms. The number of carbonyl (C=O) groups excluding carboxylic acids is 1. The lowest BCUT2D eigenvalue weighted by atomic mass is 10.1. The lowest BCUT2D eigenvalue weighted by Gasteiger charge is -2.10. The summed E-state index contributed by atoms with van der Waals surface area (Å²) in [4.78, 5) is 22.8. The molecule has 0 spiro atoms. The van der Waals surface area contributed by atoms with Crippen molar-refractivity contribution in [3.05, 3.63) is 42.0 Å². The zero-order valence-corrected chi connectivity index (χ0v) is 15.0. The minimum Gasteiger partial charge on any atom is -0.463 e. The first-order chi connectivity index (χ1) is 13.5. The predicted molar refractivity (Wildman–Crippen MR) is 97.8 cm³/mol. The first-order valence-corrected chi connectivity index (χ1v) is 8.59. The minimum absolute atomic E-state index is 0.165. The van der Waals surface area contributed by atoms with E-state index < -0.39 is 17.9 Å². The normalized spacial score (nSPS) is 15.8. The third-order valence-electron chi connectivity index (χ3n) is 4.06. The van der Waals surface area contributed by atoms with E-state index in [4.69, 9.17) is 25.7 Å². The molecule has 9 nitrogen and oxygen atoms in total. The van der Waals surface area contributed by atoms with E-state index in [1.807, 2.05) is 0 Å². The number of amides is 1. The molecule has 10 heteroatoms. The molecule has 0 radical (unpaired) electrons. The molecule has 3 rings (SSSR count). The number of halogens is 1. The van der Waals surface area contributed by atoms with Crippen LogP contribution >= 0.6 is 0 Å². The Balaban J connectivity index is 1.65. The van der Waals surface area contributed by atoms with Crippen molar-refractivity contribution in [3.63, 3.8) is 0 Å². The highest BCUT2D eigenvalue weighted by Gasteiger charge is 2.17. The summed E-state index contributed by atoms with van der Waals surface area (Å²) in [6, 6.07) is 4.92. The zero-order valence-electron chi connectivity index (χ0n) is 15.0. The van der Waals surface area contributed by atoms with Crippen molar-refractivity contribution in [2.45, 2.75) is 13.0 Å². The number of carbonyl (C=O) groups is 1. The van der Waals surface area contributed by atoms with E-state index in [-0.39, 0.29) is 23.7 Å².